The summed E-state index contributed by atoms with van der Waals surface area (Å²) in [6.07, 6.45) is 3.54. The molecule has 126 valence electrons. The first-order valence-corrected chi connectivity index (χ1v) is 9.08. The van der Waals surface area contributed by atoms with E-state index < -0.39 is 0 Å². The summed E-state index contributed by atoms with van der Waals surface area (Å²) in [5, 5.41) is 11.8. The summed E-state index contributed by atoms with van der Waals surface area (Å²) in [6, 6.07) is 11.5. The Morgan fingerprint density at radius 2 is 2.08 bits per heavy atom. The molecule has 0 radical (unpaired) electrons. The third kappa shape index (κ3) is 3.53. The Morgan fingerprint density at radius 3 is 2.80 bits per heavy atom. The van der Waals surface area contributed by atoms with Gasteiger partial charge in [-0.15, -0.1) is 11.3 Å². The van der Waals surface area contributed by atoms with Gasteiger partial charge in [-0.3, -0.25) is 14.7 Å². The lowest BCUT2D eigenvalue weighted by Gasteiger charge is -2.04. The molecule has 0 saturated heterocycles. The van der Waals surface area contributed by atoms with Gasteiger partial charge < -0.3 is 5.32 Å². The van der Waals surface area contributed by atoms with E-state index >= 15 is 0 Å². The van der Waals surface area contributed by atoms with E-state index in [2.05, 4.69) is 15.5 Å². The fourth-order valence-electron chi connectivity index (χ4n) is 2.80. The van der Waals surface area contributed by atoms with Gasteiger partial charge in [0.1, 0.15) is 0 Å². The van der Waals surface area contributed by atoms with Gasteiger partial charge in [0.2, 0.25) is 5.91 Å². The third-order valence-electron chi connectivity index (χ3n) is 4.29. The summed E-state index contributed by atoms with van der Waals surface area (Å²) in [6.45, 7) is 0. The van der Waals surface area contributed by atoms with Crippen LogP contribution in [0.3, 0.4) is 0 Å². The SMILES string of the molecule is O=Cc1ccsc1-c1ccc(CC(=O)Nc2cc(C3CC3)[nH]n2)cc1. The predicted octanol–water partition coefficient (Wildman–Crippen LogP) is 4.01. The van der Waals surface area contributed by atoms with Gasteiger partial charge >= 0.3 is 0 Å². The molecule has 1 fully saturated rings. The topological polar surface area (TPSA) is 74.8 Å². The van der Waals surface area contributed by atoms with E-state index in [1.807, 2.05) is 41.8 Å². The molecule has 1 aromatic carbocycles. The molecular formula is C19H17N3O2S. The van der Waals surface area contributed by atoms with E-state index in [1.165, 1.54) is 24.2 Å². The highest BCUT2D eigenvalue weighted by molar-refractivity contribution is 7.14. The molecule has 25 heavy (non-hydrogen) atoms. The van der Waals surface area contributed by atoms with E-state index in [0.717, 1.165) is 28.0 Å². The summed E-state index contributed by atoms with van der Waals surface area (Å²) in [4.78, 5) is 24.2. The molecule has 2 N–H and O–H groups in total. The number of carbonyl (C=O) groups excluding carboxylic acids is 2. The molecule has 0 unspecified atom stereocenters. The van der Waals surface area contributed by atoms with Crippen molar-refractivity contribution < 1.29 is 9.59 Å². The summed E-state index contributed by atoms with van der Waals surface area (Å²) < 4.78 is 0. The Bertz CT molecular complexity index is 907. The predicted molar refractivity (Wildman–Crippen MR) is 98.0 cm³/mol. The van der Waals surface area contributed by atoms with Crippen molar-refractivity contribution in [2.24, 2.45) is 0 Å². The Balaban J connectivity index is 1.40. The maximum atomic E-state index is 12.2. The average molecular weight is 351 g/mol. The first kappa shape index (κ1) is 15.8. The molecule has 1 saturated carbocycles. The van der Waals surface area contributed by atoms with Crippen molar-refractivity contribution in [1.82, 2.24) is 10.2 Å². The number of nitrogens with zero attached hydrogens (tertiary/aromatic N) is 1. The van der Waals surface area contributed by atoms with Gasteiger partial charge in [-0.1, -0.05) is 24.3 Å². The Kier molecular flexibility index (Phi) is 4.19. The molecule has 5 nitrogen and oxygen atoms in total. The van der Waals surface area contributed by atoms with Gasteiger partial charge in [-0.05, 0) is 35.4 Å². The van der Waals surface area contributed by atoms with E-state index in [1.54, 1.807) is 0 Å². The van der Waals surface area contributed by atoms with Gasteiger partial charge in [0.05, 0.1) is 6.42 Å². The fraction of sp³-hybridized carbons (Fsp3) is 0.211. The first-order chi connectivity index (χ1) is 12.2. The Morgan fingerprint density at radius 1 is 1.28 bits per heavy atom. The van der Waals surface area contributed by atoms with Crippen LogP contribution in [0.2, 0.25) is 0 Å². The lowest BCUT2D eigenvalue weighted by molar-refractivity contribution is -0.115. The highest BCUT2D eigenvalue weighted by atomic mass is 32.1. The van der Waals surface area contributed by atoms with Gasteiger partial charge in [0.15, 0.2) is 12.1 Å². The summed E-state index contributed by atoms with van der Waals surface area (Å²) >= 11 is 1.54. The molecule has 2 heterocycles. The highest BCUT2D eigenvalue weighted by Crippen LogP contribution is 2.39. The van der Waals surface area contributed by atoms with Crippen LogP contribution in [0.1, 0.15) is 40.4 Å². The van der Waals surface area contributed by atoms with Crippen LogP contribution in [0.5, 0.6) is 0 Å². The molecule has 1 amide bonds. The van der Waals surface area contributed by atoms with E-state index in [4.69, 9.17) is 0 Å². The van der Waals surface area contributed by atoms with E-state index in [-0.39, 0.29) is 12.3 Å². The number of nitrogens with one attached hydrogen (secondary N) is 2. The minimum atomic E-state index is -0.0914. The minimum absolute atomic E-state index is 0.0914. The lowest BCUT2D eigenvalue weighted by Crippen LogP contribution is -2.14. The molecule has 0 atom stereocenters. The molecule has 4 rings (SSSR count). The van der Waals surface area contributed by atoms with Crippen LogP contribution in [0, 0.1) is 0 Å². The standard InChI is InChI=1S/C19H17N3O2S/c23-11-15-7-8-25-19(15)14-3-1-12(2-4-14)9-18(24)20-17-10-16(21-22-17)13-5-6-13/h1-4,7-8,10-11,13H,5-6,9H2,(H2,20,21,22,24). The van der Waals surface area contributed by atoms with E-state index in [9.17, 15) is 9.59 Å². The minimum Gasteiger partial charge on any atom is -0.309 e. The van der Waals surface area contributed by atoms with Crippen LogP contribution in [-0.4, -0.2) is 22.4 Å². The third-order valence-corrected chi connectivity index (χ3v) is 5.27. The van der Waals surface area contributed by atoms with Gasteiger partial charge in [-0.2, -0.15) is 5.10 Å². The van der Waals surface area contributed by atoms with Gasteiger partial charge in [-0.25, -0.2) is 0 Å². The Hall–Kier alpha value is -2.73. The van der Waals surface area contributed by atoms with Crippen LogP contribution in [0.25, 0.3) is 10.4 Å². The van der Waals surface area contributed by atoms with Crippen LogP contribution in [-0.2, 0) is 11.2 Å². The number of anilines is 1. The molecule has 0 bridgehead atoms. The van der Waals surface area contributed by atoms with Crippen LogP contribution >= 0.6 is 11.3 Å². The van der Waals surface area contributed by atoms with Crippen LogP contribution in [0.15, 0.2) is 41.8 Å². The van der Waals surface area contributed by atoms with Crippen molar-refractivity contribution in [1.29, 1.82) is 0 Å². The zero-order chi connectivity index (χ0) is 17.2. The molecule has 1 aliphatic carbocycles. The second-order valence-electron chi connectivity index (χ2n) is 6.23. The maximum Gasteiger partial charge on any atom is 0.229 e. The number of hydrogen-bond donors (Lipinski definition) is 2. The quantitative estimate of drug-likeness (QED) is 0.659. The largest absolute Gasteiger partial charge is 0.309 e. The number of benzene rings is 1. The smallest absolute Gasteiger partial charge is 0.229 e. The number of rotatable bonds is 6. The number of H-pyrrole nitrogens is 1. The molecule has 3 aromatic rings. The number of thiophene rings is 1. The zero-order valence-electron chi connectivity index (χ0n) is 13.5. The maximum absolute atomic E-state index is 12.2. The number of carbonyl (C=O) groups is 2. The number of amides is 1. The lowest BCUT2D eigenvalue weighted by atomic mass is 10.1. The number of aromatic amines is 1. The molecular weight excluding hydrogens is 334 g/mol. The number of aldehydes is 1. The van der Waals surface area contributed by atoms with Crippen LogP contribution < -0.4 is 5.32 Å². The van der Waals surface area contributed by atoms with Crippen molar-refractivity contribution in [3.05, 3.63) is 58.6 Å². The second kappa shape index (κ2) is 6.64. The zero-order valence-corrected chi connectivity index (χ0v) is 14.3. The number of aromatic nitrogens is 2. The van der Waals surface area contributed by atoms with Crippen molar-refractivity contribution in [2.45, 2.75) is 25.2 Å². The monoisotopic (exact) mass is 351 g/mol. The summed E-state index contributed by atoms with van der Waals surface area (Å²) in [5.41, 5.74) is 3.70. The van der Waals surface area contributed by atoms with Crippen LogP contribution in [0.4, 0.5) is 5.82 Å². The van der Waals surface area contributed by atoms with Crippen molar-refractivity contribution in [2.75, 3.05) is 5.32 Å². The Labute approximate surface area is 149 Å². The van der Waals surface area contributed by atoms with Crippen molar-refractivity contribution >= 4 is 29.3 Å². The average Bonchev–Trinajstić information content (AvgIpc) is 3.17. The second-order valence-corrected chi connectivity index (χ2v) is 7.14. The molecule has 0 aliphatic heterocycles. The van der Waals surface area contributed by atoms with Crippen molar-refractivity contribution in [3.8, 4) is 10.4 Å². The van der Waals surface area contributed by atoms with E-state index in [0.29, 0.717) is 17.3 Å². The van der Waals surface area contributed by atoms with Gasteiger partial charge in [0.25, 0.3) is 0 Å². The highest BCUT2D eigenvalue weighted by Gasteiger charge is 2.25. The number of hydrogen-bond acceptors (Lipinski definition) is 4. The molecule has 2 aromatic heterocycles. The first-order valence-electron chi connectivity index (χ1n) is 8.20. The van der Waals surface area contributed by atoms with Crippen molar-refractivity contribution in [3.63, 3.8) is 0 Å². The normalized spacial score (nSPS) is 13.6. The molecule has 6 heteroatoms. The summed E-state index contributed by atoms with van der Waals surface area (Å²) in [7, 11) is 0. The van der Waals surface area contributed by atoms with Gasteiger partial charge in [0, 0.05) is 28.1 Å². The fourth-order valence-corrected chi connectivity index (χ4v) is 3.67. The molecule has 1 aliphatic rings. The summed E-state index contributed by atoms with van der Waals surface area (Å²) in [5.74, 6) is 1.07. The molecule has 0 spiro atoms.